The van der Waals surface area contributed by atoms with Crippen LogP contribution in [-0.4, -0.2) is 18.9 Å². The van der Waals surface area contributed by atoms with Gasteiger partial charge in [0.05, 0.1) is 6.61 Å². The molecule has 0 spiro atoms. The number of hydrogen-bond acceptors (Lipinski definition) is 3. The number of ether oxygens (including phenoxy) is 1. The van der Waals surface area contributed by atoms with Crippen LogP contribution >= 0.6 is 0 Å². The van der Waals surface area contributed by atoms with Crippen LogP contribution < -0.4 is 5.32 Å². The fourth-order valence-electron chi connectivity index (χ4n) is 2.28. The third kappa shape index (κ3) is 5.57. The molecule has 0 unspecified atom stereocenters. The second-order valence-corrected chi connectivity index (χ2v) is 5.16. The van der Waals surface area contributed by atoms with Crippen molar-refractivity contribution in [2.45, 2.75) is 38.7 Å². The van der Waals surface area contributed by atoms with Gasteiger partial charge in [0, 0.05) is 31.3 Å². The summed E-state index contributed by atoms with van der Waals surface area (Å²) in [6, 6.07) is 10.1. The molecule has 20 heavy (non-hydrogen) atoms. The van der Waals surface area contributed by atoms with Crippen LogP contribution in [0.15, 0.2) is 42.1 Å². The number of piperidine rings is 1. The monoisotopic (exact) mass is 273 g/mol. The molecule has 3 nitrogen and oxygen atoms in total. The predicted molar refractivity (Wildman–Crippen MR) is 80.3 cm³/mol. The second kappa shape index (κ2) is 8.54. The number of allylic oxidation sites excluding steroid dienone is 2. The van der Waals surface area contributed by atoms with E-state index in [1.807, 2.05) is 30.3 Å². The maximum absolute atomic E-state index is 11.8. The molecule has 0 aromatic heterocycles. The Labute approximate surface area is 121 Å². The van der Waals surface area contributed by atoms with E-state index in [4.69, 9.17) is 4.74 Å². The molecule has 3 heteroatoms. The lowest BCUT2D eigenvalue weighted by molar-refractivity contribution is -0.115. The van der Waals surface area contributed by atoms with Crippen LogP contribution in [0.1, 0.15) is 37.7 Å². The Bertz CT molecular complexity index is 432. The highest BCUT2D eigenvalue weighted by Crippen LogP contribution is 2.10. The molecule has 1 N–H and O–H groups in total. The first-order valence-electron chi connectivity index (χ1n) is 7.43. The lowest BCUT2D eigenvalue weighted by Crippen LogP contribution is -2.20. The largest absolute Gasteiger partial charge is 0.388 e. The molecule has 0 bridgehead atoms. The number of hydrogen-bond donors (Lipinski definition) is 1. The van der Waals surface area contributed by atoms with Crippen LogP contribution in [0, 0.1) is 0 Å². The van der Waals surface area contributed by atoms with Crippen molar-refractivity contribution < 1.29 is 9.53 Å². The van der Waals surface area contributed by atoms with E-state index >= 15 is 0 Å². The molecule has 1 fully saturated rings. The van der Waals surface area contributed by atoms with Crippen molar-refractivity contribution in [3.8, 4) is 0 Å². The molecule has 0 atom stereocenters. The summed E-state index contributed by atoms with van der Waals surface area (Å²) in [7, 11) is 0. The van der Waals surface area contributed by atoms with Gasteiger partial charge in [0.2, 0.25) is 0 Å². The molecule has 108 valence electrons. The molecule has 1 heterocycles. The molecule has 1 aliphatic heterocycles. The van der Waals surface area contributed by atoms with Gasteiger partial charge in [-0.3, -0.25) is 4.79 Å². The lowest BCUT2D eigenvalue weighted by atomic mass is 10.1. The van der Waals surface area contributed by atoms with Crippen LogP contribution in [0.25, 0.3) is 0 Å². The molecule has 0 aliphatic carbocycles. The van der Waals surface area contributed by atoms with Crippen molar-refractivity contribution in [1.29, 1.82) is 0 Å². The third-order valence-electron chi connectivity index (χ3n) is 3.38. The van der Waals surface area contributed by atoms with E-state index in [-0.39, 0.29) is 5.78 Å². The van der Waals surface area contributed by atoms with Crippen molar-refractivity contribution in [2.75, 3.05) is 13.2 Å². The summed E-state index contributed by atoms with van der Waals surface area (Å²) in [5, 5.41) is 3.28. The summed E-state index contributed by atoms with van der Waals surface area (Å²) in [5.74, 6) is 0.206. The van der Waals surface area contributed by atoms with E-state index in [2.05, 4.69) is 5.32 Å². The smallest absolute Gasteiger partial charge is 0.157 e. The second-order valence-electron chi connectivity index (χ2n) is 5.16. The van der Waals surface area contributed by atoms with Gasteiger partial charge in [-0.15, -0.1) is 0 Å². The van der Waals surface area contributed by atoms with Crippen LogP contribution in [0.4, 0.5) is 0 Å². The Kier molecular flexibility index (Phi) is 6.32. The van der Waals surface area contributed by atoms with Crippen molar-refractivity contribution in [2.24, 2.45) is 0 Å². The maximum atomic E-state index is 11.8. The normalized spacial score (nSPS) is 16.9. The number of ketones is 1. The standard InChI is InChI=1S/C17H23NO2/c19-17(13-16-9-4-5-11-18-16)10-6-12-20-14-15-7-2-1-3-8-15/h1-3,7-8,13,18H,4-6,9-12,14H2/b16-13-. The Morgan fingerprint density at radius 2 is 2.10 bits per heavy atom. The van der Waals surface area contributed by atoms with E-state index in [9.17, 15) is 4.79 Å². The van der Waals surface area contributed by atoms with E-state index in [0.29, 0.717) is 19.6 Å². The zero-order valence-corrected chi connectivity index (χ0v) is 11.9. The summed E-state index contributed by atoms with van der Waals surface area (Å²) in [6.07, 6.45) is 6.53. The van der Waals surface area contributed by atoms with Gasteiger partial charge >= 0.3 is 0 Å². The molecule has 1 saturated heterocycles. The number of nitrogens with one attached hydrogen (secondary N) is 1. The van der Waals surface area contributed by atoms with Crippen LogP contribution in [0.2, 0.25) is 0 Å². The minimum Gasteiger partial charge on any atom is -0.388 e. The van der Waals surface area contributed by atoms with E-state index in [1.54, 1.807) is 6.08 Å². The first kappa shape index (κ1) is 14.8. The average Bonchev–Trinajstić information content (AvgIpc) is 2.49. The molecule has 1 aliphatic rings. The summed E-state index contributed by atoms with van der Waals surface area (Å²) >= 11 is 0. The summed E-state index contributed by atoms with van der Waals surface area (Å²) in [4.78, 5) is 11.8. The summed E-state index contributed by atoms with van der Waals surface area (Å²) in [6.45, 7) is 2.26. The van der Waals surface area contributed by atoms with E-state index in [0.717, 1.165) is 25.1 Å². The SMILES string of the molecule is O=C(/C=C1/CCCCN1)CCCOCc1ccccc1. The van der Waals surface area contributed by atoms with Crippen molar-refractivity contribution in [3.05, 3.63) is 47.7 Å². The highest BCUT2D eigenvalue weighted by atomic mass is 16.5. The van der Waals surface area contributed by atoms with Gasteiger partial charge in [0.25, 0.3) is 0 Å². The minimum absolute atomic E-state index is 0.206. The van der Waals surface area contributed by atoms with Gasteiger partial charge in [0.1, 0.15) is 0 Å². The molecule has 1 aromatic rings. The number of benzene rings is 1. The van der Waals surface area contributed by atoms with Crippen molar-refractivity contribution >= 4 is 5.78 Å². The van der Waals surface area contributed by atoms with Gasteiger partial charge in [-0.2, -0.15) is 0 Å². The molecular formula is C17H23NO2. The average molecular weight is 273 g/mol. The highest BCUT2D eigenvalue weighted by molar-refractivity contribution is 5.90. The Balaban J connectivity index is 1.57. The van der Waals surface area contributed by atoms with Gasteiger partial charge in [-0.25, -0.2) is 0 Å². The van der Waals surface area contributed by atoms with Gasteiger partial charge in [0.15, 0.2) is 5.78 Å². The van der Waals surface area contributed by atoms with E-state index in [1.165, 1.54) is 18.4 Å². The zero-order valence-electron chi connectivity index (χ0n) is 11.9. The van der Waals surface area contributed by atoms with Crippen LogP contribution in [0.3, 0.4) is 0 Å². The zero-order chi connectivity index (χ0) is 14.0. The minimum atomic E-state index is 0.206. The summed E-state index contributed by atoms with van der Waals surface area (Å²) in [5.41, 5.74) is 2.28. The van der Waals surface area contributed by atoms with Gasteiger partial charge in [-0.05, 0) is 31.2 Å². The first-order valence-corrected chi connectivity index (χ1v) is 7.43. The first-order chi connectivity index (χ1) is 9.84. The molecule has 0 radical (unpaired) electrons. The molecule has 2 rings (SSSR count). The topological polar surface area (TPSA) is 38.3 Å². The van der Waals surface area contributed by atoms with Crippen molar-refractivity contribution in [1.82, 2.24) is 5.32 Å². The van der Waals surface area contributed by atoms with E-state index < -0.39 is 0 Å². The third-order valence-corrected chi connectivity index (χ3v) is 3.38. The number of rotatable bonds is 7. The molecule has 0 saturated carbocycles. The fraction of sp³-hybridized carbons (Fsp3) is 0.471. The van der Waals surface area contributed by atoms with Gasteiger partial charge in [-0.1, -0.05) is 30.3 Å². The van der Waals surface area contributed by atoms with Crippen LogP contribution in [-0.2, 0) is 16.1 Å². The van der Waals surface area contributed by atoms with Gasteiger partial charge < -0.3 is 10.1 Å². The Hall–Kier alpha value is -1.61. The fourth-order valence-corrected chi connectivity index (χ4v) is 2.28. The highest BCUT2D eigenvalue weighted by Gasteiger charge is 2.06. The lowest BCUT2D eigenvalue weighted by Gasteiger charge is -2.16. The quantitative estimate of drug-likeness (QED) is 0.612. The molecular weight excluding hydrogens is 250 g/mol. The Morgan fingerprint density at radius 3 is 2.85 bits per heavy atom. The number of carbonyl (C=O) groups is 1. The number of carbonyl (C=O) groups excluding carboxylic acids is 1. The maximum Gasteiger partial charge on any atom is 0.157 e. The Morgan fingerprint density at radius 1 is 1.25 bits per heavy atom. The van der Waals surface area contributed by atoms with Crippen LogP contribution in [0.5, 0.6) is 0 Å². The molecule has 0 amide bonds. The summed E-state index contributed by atoms with van der Waals surface area (Å²) < 4.78 is 5.57. The van der Waals surface area contributed by atoms with Crippen molar-refractivity contribution in [3.63, 3.8) is 0 Å². The predicted octanol–water partition coefficient (Wildman–Crippen LogP) is 3.21. The molecule has 1 aromatic carbocycles.